The van der Waals surface area contributed by atoms with Crippen LogP contribution < -0.4 is 0 Å². The number of aromatic nitrogens is 2. The Morgan fingerprint density at radius 2 is 0.507 bits per heavy atom. The summed E-state index contributed by atoms with van der Waals surface area (Å²) in [5.41, 5.74) is 12.0. The van der Waals surface area contributed by atoms with Crippen molar-refractivity contribution in [1.82, 2.24) is 9.13 Å². The SMILES string of the molecule is c1cc(-c2ccc3c4ccccc4c4ccccc4c3c2)cc(-n2c3ccccc3c3c4sc5c(ccc6c5c5ccccc5n6-c5cccc(-c6ccc7c8ccccc8c8ccccc8c7c6)c5)c4ccc32)c1. The van der Waals surface area contributed by atoms with Crippen LogP contribution in [-0.2, 0) is 0 Å². The lowest BCUT2D eigenvalue weighted by atomic mass is 9.92. The molecule has 0 aliphatic rings. The van der Waals surface area contributed by atoms with Gasteiger partial charge >= 0.3 is 0 Å². The number of thiophene rings is 1. The van der Waals surface area contributed by atoms with E-state index in [2.05, 4.69) is 264 Å². The van der Waals surface area contributed by atoms with Crippen molar-refractivity contribution in [2.24, 2.45) is 0 Å². The highest BCUT2D eigenvalue weighted by Crippen LogP contribution is 2.48. The standard InChI is InChI=1S/C72H42N2S/c1-3-23-53-49(19-1)51-21-5-7-25-55(51)63-41-45(31-33-57(53)63)43-15-13-17-47(39-43)73-65-29-11-9-27-61(65)69-67(73)37-35-59-60-36-38-68-70(72(60)75-71(59)69)62-28-10-12-30-66(62)74(68)48-18-14-16-44(40-48)46-32-34-58-54-24-4-2-20-50(54)52-22-6-8-26-56(52)64(58)42-46/h1-42H. The summed E-state index contributed by atoms with van der Waals surface area (Å²) < 4.78 is 7.61. The van der Waals surface area contributed by atoms with E-state index in [1.807, 2.05) is 11.3 Å². The van der Waals surface area contributed by atoms with Crippen LogP contribution in [0.3, 0.4) is 0 Å². The highest BCUT2D eigenvalue weighted by atomic mass is 32.1. The first-order valence-corrected chi connectivity index (χ1v) is 26.7. The second-order valence-corrected chi connectivity index (χ2v) is 21.3. The topological polar surface area (TPSA) is 9.86 Å². The van der Waals surface area contributed by atoms with Gasteiger partial charge in [-0.25, -0.2) is 0 Å². The van der Waals surface area contributed by atoms with Crippen LogP contribution in [0.25, 0.3) is 162 Å². The molecule has 0 radical (unpaired) electrons. The zero-order valence-corrected chi connectivity index (χ0v) is 41.4. The van der Waals surface area contributed by atoms with E-state index in [9.17, 15) is 0 Å². The van der Waals surface area contributed by atoms with Gasteiger partial charge in [0.05, 0.1) is 22.1 Å². The predicted molar refractivity (Wildman–Crippen MR) is 324 cm³/mol. The van der Waals surface area contributed by atoms with Crippen LogP contribution in [0, 0.1) is 0 Å². The van der Waals surface area contributed by atoms with Crippen LogP contribution >= 0.6 is 11.3 Å². The van der Waals surface area contributed by atoms with Crippen molar-refractivity contribution in [3.05, 3.63) is 255 Å². The molecule has 0 unspecified atom stereocenters. The van der Waals surface area contributed by atoms with Crippen molar-refractivity contribution in [3.63, 3.8) is 0 Å². The van der Waals surface area contributed by atoms with E-state index in [0.29, 0.717) is 0 Å². The van der Waals surface area contributed by atoms with Gasteiger partial charge < -0.3 is 9.13 Å². The van der Waals surface area contributed by atoms with Crippen molar-refractivity contribution < 1.29 is 0 Å². The Bertz CT molecular complexity index is 4920. The molecule has 346 valence electrons. The van der Waals surface area contributed by atoms with E-state index in [1.165, 1.54) is 151 Å². The minimum absolute atomic E-state index is 1.15. The summed E-state index contributed by atoms with van der Waals surface area (Å²) in [5, 5.41) is 23.2. The van der Waals surface area contributed by atoms with Crippen LogP contribution in [0.5, 0.6) is 0 Å². The van der Waals surface area contributed by atoms with Crippen molar-refractivity contribution >= 4 is 140 Å². The number of para-hydroxylation sites is 2. The van der Waals surface area contributed by atoms with E-state index < -0.39 is 0 Å². The van der Waals surface area contributed by atoms with Gasteiger partial charge in [0.25, 0.3) is 0 Å². The highest BCUT2D eigenvalue weighted by molar-refractivity contribution is 7.27. The lowest BCUT2D eigenvalue weighted by Gasteiger charge is -2.13. The fourth-order valence-corrected chi connectivity index (χ4v) is 14.6. The minimum atomic E-state index is 1.15. The van der Waals surface area contributed by atoms with Crippen molar-refractivity contribution in [3.8, 4) is 33.6 Å². The molecule has 2 nitrogen and oxygen atoms in total. The largest absolute Gasteiger partial charge is 0.309 e. The van der Waals surface area contributed by atoms with Gasteiger partial charge in [-0.2, -0.15) is 0 Å². The molecular weight excluding hydrogens is 925 g/mol. The van der Waals surface area contributed by atoms with E-state index in [1.54, 1.807) is 0 Å². The maximum atomic E-state index is 2.48. The lowest BCUT2D eigenvalue weighted by Crippen LogP contribution is -1.94. The first-order valence-electron chi connectivity index (χ1n) is 25.9. The maximum Gasteiger partial charge on any atom is 0.0555 e. The Labute approximate surface area is 434 Å². The third-order valence-electron chi connectivity index (χ3n) is 16.4. The zero-order valence-electron chi connectivity index (χ0n) is 40.6. The summed E-state index contributed by atoms with van der Waals surface area (Å²) in [6.07, 6.45) is 0. The summed E-state index contributed by atoms with van der Waals surface area (Å²) in [7, 11) is 0. The molecule has 0 aliphatic carbocycles. The average Bonchev–Trinajstić information content (AvgIpc) is 4.23. The Hall–Kier alpha value is -9.54. The number of fused-ring (bicyclic) bond motifs is 23. The fraction of sp³-hybridized carbons (Fsp3) is 0. The van der Waals surface area contributed by atoms with Crippen LogP contribution in [0.15, 0.2) is 255 Å². The number of benzene rings is 14. The normalized spacial score (nSPS) is 12.3. The first kappa shape index (κ1) is 41.0. The molecular formula is C72H42N2S. The summed E-state index contributed by atoms with van der Waals surface area (Å²) in [5.74, 6) is 0. The third-order valence-corrected chi connectivity index (χ3v) is 17.7. The summed E-state index contributed by atoms with van der Waals surface area (Å²) >= 11 is 1.95. The van der Waals surface area contributed by atoms with Gasteiger partial charge in [0, 0.05) is 53.1 Å². The van der Waals surface area contributed by atoms with Gasteiger partial charge in [-0.1, -0.05) is 194 Å². The molecule has 17 aromatic rings. The lowest BCUT2D eigenvalue weighted by molar-refractivity contribution is 1.18. The van der Waals surface area contributed by atoms with Crippen LogP contribution in [-0.4, -0.2) is 9.13 Å². The van der Waals surface area contributed by atoms with Crippen LogP contribution in [0.1, 0.15) is 0 Å². The molecule has 0 bridgehead atoms. The molecule has 3 heterocycles. The van der Waals surface area contributed by atoms with Crippen molar-refractivity contribution in [1.29, 1.82) is 0 Å². The molecule has 0 aliphatic heterocycles. The fourth-order valence-electron chi connectivity index (χ4n) is 13.2. The second kappa shape index (κ2) is 15.5. The number of hydrogen-bond donors (Lipinski definition) is 0. The van der Waals surface area contributed by atoms with Gasteiger partial charge in [0.15, 0.2) is 0 Å². The second-order valence-electron chi connectivity index (χ2n) is 20.3. The molecule has 0 saturated heterocycles. The van der Waals surface area contributed by atoms with E-state index in [-0.39, 0.29) is 0 Å². The van der Waals surface area contributed by atoms with Crippen LogP contribution in [0.2, 0.25) is 0 Å². The molecule has 3 aromatic heterocycles. The molecule has 0 spiro atoms. The van der Waals surface area contributed by atoms with Gasteiger partial charge in [0.1, 0.15) is 0 Å². The molecule has 14 aromatic carbocycles. The number of nitrogens with zero attached hydrogens (tertiary/aromatic N) is 2. The highest BCUT2D eigenvalue weighted by Gasteiger charge is 2.22. The Kier molecular flexibility index (Phi) is 8.46. The van der Waals surface area contributed by atoms with E-state index in [4.69, 9.17) is 0 Å². The zero-order chi connectivity index (χ0) is 48.9. The van der Waals surface area contributed by atoms with Gasteiger partial charge in [-0.05, 0) is 148 Å². The molecule has 75 heavy (non-hydrogen) atoms. The van der Waals surface area contributed by atoms with Gasteiger partial charge in [-0.15, -0.1) is 11.3 Å². The Balaban J connectivity index is 0.827. The molecule has 0 N–H and O–H groups in total. The quantitative estimate of drug-likeness (QED) is 0.156. The Morgan fingerprint density at radius 1 is 0.200 bits per heavy atom. The predicted octanol–water partition coefficient (Wildman–Crippen LogP) is 20.5. The summed E-state index contributed by atoms with van der Waals surface area (Å²) in [4.78, 5) is 0. The summed E-state index contributed by atoms with van der Waals surface area (Å²) in [6, 6.07) is 95.1. The molecule has 0 fully saturated rings. The summed E-state index contributed by atoms with van der Waals surface area (Å²) in [6.45, 7) is 0. The van der Waals surface area contributed by atoms with Crippen molar-refractivity contribution in [2.45, 2.75) is 0 Å². The van der Waals surface area contributed by atoms with Gasteiger partial charge in [-0.3, -0.25) is 0 Å². The molecule has 3 heteroatoms. The van der Waals surface area contributed by atoms with E-state index >= 15 is 0 Å². The Morgan fingerprint density at radius 3 is 0.893 bits per heavy atom. The van der Waals surface area contributed by atoms with Crippen molar-refractivity contribution in [2.75, 3.05) is 0 Å². The minimum Gasteiger partial charge on any atom is -0.309 e. The first-order chi connectivity index (χ1) is 37.2. The molecule has 17 rings (SSSR count). The van der Waals surface area contributed by atoms with Crippen LogP contribution in [0.4, 0.5) is 0 Å². The smallest absolute Gasteiger partial charge is 0.0555 e. The number of rotatable bonds is 4. The monoisotopic (exact) mass is 966 g/mol. The molecule has 0 atom stereocenters. The maximum absolute atomic E-state index is 2.48. The average molecular weight is 967 g/mol. The molecule has 0 saturated carbocycles. The third kappa shape index (κ3) is 5.79. The van der Waals surface area contributed by atoms with E-state index in [0.717, 1.165) is 11.4 Å². The molecule has 0 amide bonds. The van der Waals surface area contributed by atoms with Gasteiger partial charge in [0.2, 0.25) is 0 Å². The number of hydrogen-bond acceptors (Lipinski definition) is 1.